The lowest BCUT2D eigenvalue weighted by atomic mass is 10.1. The highest BCUT2D eigenvalue weighted by atomic mass is 79.9. The molecule has 2 saturated heterocycles. The molecule has 5 rings (SSSR count). The lowest BCUT2D eigenvalue weighted by Crippen LogP contribution is -2.59. The predicted octanol–water partition coefficient (Wildman–Crippen LogP) is 3.83. The normalized spacial score (nSPS) is 24.7. The van der Waals surface area contributed by atoms with Crippen molar-refractivity contribution in [2.24, 2.45) is 0 Å². The lowest BCUT2D eigenvalue weighted by molar-refractivity contribution is 0.0130. The monoisotopic (exact) mass is 624 g/mol. The first-order chi connectivity index (χ1) is 18.3. The zero-order valence-electron chi connectivity index (χ0n) is 23.5. The molecular weight excluding hydrogens is 588 g/mol. The van der Waals surface area contributed by atoms with Gasteiger partial charge in [-0.15, -0.1) is 0 Å². The molecule has 0 aliphatic carbocycles. The van der Waals surface area contributed by atoms with E-state index in [9.17, 15) is 9.59 Å². The van der Waals surface area contributed by atoms with Crippen molar-refractivity contribution in [1.82, 2.24) is 24.3 Å². The van der Waals surface area contributed by atoms with Crippen LogP contribution in [-0.4, -0.2) is 107 Å². The van der Waals surface area contributed by atoms with Crippen LogP contribution >= 0.6 is 27.5 Å². The van der Waals surface area contributed by atoms with Gasteiger partial charge in [-0.3, -0.25) is 9.47 Å². The zero-order chi connectivity index (χ0) is 28.2. The number of halogens is 2. The van der Waals surface area contributed by atoms with E-state index in [1.54, 1.807) is 9.47 Å². The number of benzene rings is 1. The van der Waals surface area contributed by atoms with Gasteiger partial charge >= 0.3 is 11.8 Å². The predicted molar refractivity (Wildman–Crippen MR) is 156 cm³/mol. The molecular formula is C27H38BrClN6O4. The molecule has 1 aromatic carbocycles. The molecule has 12 heteroatoms. The zero-order valence-corrected chi connectivity index (χ0v) is 25.9. The topological polar surface area (TPSA) is 83.4 Å². The third-order valence-electron chi connectivity index (χ3n) is 7.78. The van der Waals surface area contributed by atoms with Crippen LogP contribution in [0, 0.1) is 0 Å². The molecule has 214 valence electrons. The molecule has 39 heavy (non-hydrogen) atoms. The fraction of sp³-hybridized carbons (Fsp3) is 0.667. The van der Waals surface area contributed by atoms with Crippen LogP contribution in [0.2, 0.25) is 5.02 Å². The standard InChI is InChI=1S/C27H38BrClN6O4/c1-16-13-34(26(37)39-27(3,4)5)17(2)12-33(16)24-19-11-20(29)21(28)23-22(19)35(25(36)30-24)18(15-38-23)14-32-9-7-31(6)8-10-32/h11,16-18H,7-10,12-15H2,1-6H3/t16?,17?,18-/m0/s1. The summed E-state index contributed by atoms with van der Waals surface area (Å²) in [4.78, 5) is 39.8. The fourth-order valence-electron chi connectivity index (χ4n) is 5.71. The molecule has 2 fully saturated rings. The summed E-state index contributed by atoms with van der Waals surface area (Å²) in [5.41, 5.74) is -0.167. The van der Waals surface area contributed by atoms with Crippen LogP contribution in [-0.2, 0) is 4.74 Å². The van der Waals surface area contributed by atoms with Crippen molar-refractivity contribution in [2.75, 3.05) is 64.4 Å². The molecule has 3 aliphatic rings. The lowest BCUT2D eigenvalue weighted by Gasteiger charge is -2.45. The van der Waals surface area contributed by atoms with Crippen LogP contribution in [0.15, 0.2) is 15.3 Å². The molecule has 3 aliphatic heterocycles. The molecule has 0 saturated carbocycles. The Hall–Kier alpha value is -2.08. The summed E-state index contributed by atoms with van der Waals surface area (Å²) in [5.74, 6) is 1.13. The Bertz CT molecular complexity index is 1320. The summed E-state index contributed by atoms with van der Waals surface area (Å²) in [6, 6.07) is 1.46. The SMILES string of the molecule is CC1CN(c2nc(=O)n3c4c(c(Br)c(Cl)cc24)OC[C@@H]3CN2CCN(C)CC2)C(C)CN1C(=O)OC(C)(C)C. The number of likely N-dealkylation sites (N-methyl/N-ethyl adjacent to an activating group) is 1. The molecule has 0 spiro atoms. The van der Waals surface area contributed by atoms with Crippen LogP contribution in [0.4, 0.5) is 10.6 Å². The van der Waals surface area contributed by atoms with Crippen LogP contribution in [0.25, 0.3) is 10.9 Å². The number of hydrogen-bond acceptors (Lipinski definition) is 8. The van der Waals surface area contributed by atoms with Gasteiger partial charge in [0.2, 0.25) is 0 Å². The van der Waals surface area contributed by atoms with Crippen molar-refractivity contribution >= 4 is 50.3 Å². The van der Waals surface area contributed by atoms with Crippen LogP contribution in [0.3, 0.4) is 0 Å². The first-order valence-electron chi connectivity index (χ1n) is 13.6. The van der Waals surface area contributed by atoms with Crippen molar-refractivity contribution in [3.05, 3.63) is 26.0 Å². The van der Waals surface area contributed by atoms with Gasteiger partial charge in [0.15, 0.2) is 5.75 Å². The van der Waals surface area contributed by atoms with Gasteiger partial charge in [0.25, 0.3) is 0 Å². The number of nitrogens with zero attached hydrogens (tertiary/aromatic N) is 6. The Labute approximate surface area is 242 Å². The van der Waals surface area contributed by atoms with Gasteiger partial charge in [-0.05, 0) is 63.7 Å². The largest absolute Gasteiger partial charge is 0.488 e. The second-order valence-electron chi connectivity index (χ2n) is 12.0. The van der Waals surface area contributed by atoms with Gasteiger partial charge in [-0.1, -0.05) is 11.6 Å². The Morgan fingerprint density at radius 2 is 1.87 bits per heavy atom. The maximum absolute atomic E-state index is 13.7. The minimum Gasteiger partial charge on any atom is -0.488 e. The Balaban J connectivity index is 1.52. The van der Waals surface area contributed by atoms with E-state index in [1.807, 2.05) is 40.7 Å². The number of carbonyl (C=O) groups excluding carboxylic acids is 1. The van der Waals surface area contributed by atoms with Crippen molar-refractivity contribution in [2.45, 2.75) is 58.3 Å². The van der Waals surface area contributed by atoms with Crippen LogP contribution in [0.1, 0.15) is 40.7 Å². The van der Waals surface area contributed by atoms with Crippen molar-refractivity contribution in [3.8, 4) is 5.75 Å². The average Bonchev–Trinajstić information content (AvgIpc) is 2.85. The molecule has 10 nitrogen and oxygen atoms in total. The number of ether oxygens (including phenoxy) is 2. The summed E-state index contributed by atoms with van der Waals surface area (Å²) >= 11 is 10.2. The molecule has 2 aromatic rings. The molecule has 2 unspecified atom stereocenters. The third-order valence-corrected chi connectivity index (χ3v) is 9.09. The number of rotatable bonds is 3. The van der Waals surface area contributed by atoms with Gasteiger partial charge in [0, 0.05) is 63.3 Å². The molecule has 0 bridgehead atoms. The summed E-state index contributed by atoms with van der Waals surface area (Å²) < 4.78 is 14.4. The van der Waals surface area contributed by atoms with E-state index in [4.69, 9.17) is 21.1 Å². The molecule has 0 radical (unpaired) electrons. The average molecular weight is 626 g/mol. The second kappa shape index (κ2) is 10.7. The Morgan fingerprint density at radius 3 is 2.54 bits per heavy atom. The fourth-order valence-corrected chi connectivity index (χ4v) is 6.32. The van der Waals surface area contributed by atoms with Gasteiger partial charge in [0.1, 0.15) is 23.5 Å². The molecule has 4 heterocycles. The molecule has 1 aromatic heterocycles. The van der Waals surface area contributed by atoms with Gasteiger partial charge < -0.3 is 24.2 Å². The first kappa shape index (κ1) is 28.4. The van der Waals surface area contributed by atoms with Crippen molar-refractivity contribution in [3.63, 3.8) is 0 Å². The first-order valence-corrected chi connectivity index (χ1v) is 14.8. The molecule has 0 N–H and O–H groups in total. The van der Waals surface area contributed by atoms with Crippen LogP contribution in [0.5, 0.6) is 5.75 Å². The number of anilines is 1. The molecule has 3 atom stereocenters. The summed E-state index contributed by atoms with van der Waals surface area (Å²) in [7, 11) is 2.13. The van der Waals surface area contributed by atoms with E-state index in [0.717, 1.165) is 31.6 Å². The number of hydrogen-bond donors (Lipinski definition) is 0. The maximum atomic E-state index is 13.7. The number of carbonyl (C=O) groups is 1. The van der Waals surface area contributed by atoms with Gasteiger partial charge in [-0.2, -0.15) is 4.98 Å². The summed E-state index contributed by atoms with van der Waals surface area (Å²) in [6.45, 7) is 15.5. The highest BCUT2D eigenvalue weighted by Crippen LogP contribution is 2.44. The molecule has 1 amide bonds. The number of amides is 1. The van der Waals surface area contributed by atoms with Gasteiger partial charge in [0.05, 0.1) is 15.5 Å². The highest BCUT2D eigenvalue weighted by Gasteiger charge is 2.38. The van der Waals surface area contributed by atoms with E-state index in [1.165, 1.54) is 0 Å². The third kappa shape index (κ3) is 5.60. The smallest absolute Gasteiger partial charge is 0.410 e. The van der Waals surface area contributed by atoms with Crippen molar-refractivity contribution < 1.29 is 14.3 Å². The quantitative estimate of drug-likeness (QED) is 0.509. The van der Waals surface area contributed by atoms with E-state index in [-0.39, 0.29) is 29.9 Å². The minimum absolute atomic E-state index is 0.101. The van der Waals surface area contributed by atoms with E-state index in [0.29, 0.717) is 52.8 Å². The number of piperazine rings is 2. The minimum atomic E-state index is -0.575. The Morgan fingerprint density at radius 1 is 1.18 bits per heavy atom. The maximum Gasteiger partial charge on any atom is 0.410 e. The van der Waals surface area contributed by atoms with Crippen molar-refractivity contribution in [1.29, 1.82) is 0 Å². The Kier molecular flexibility index (Phi) is 7.82. The summed E-state index contributed by atoms with van der Waals surface area (Å²) in [5, 5.41) is 1.27. The number of aromatic nitrogens is 2. The van der Waals surface area contributed by atoms with Crippen LogP contribution < -0.4 is 15.3 Å². The van der Waals surface area contributed by atoms with E-state index < -0.39 is 5.60 Å². The second-order valence-corrected chi connectivity index (χ2v) is 13.2. The van der Waals surface area contributed by atoms with E-state index in [2.05, 4.69) is 42.7 Å². The van der Waals surface area contributed by atoms with Gasteiger partial charge in [-0.25, -0.2) is 9.59 Å². The van der Waals surface area contributed by atoms with E-state index >= 15 is 0 Å². The summed E-state index contributed by atoms with van der Waals surface area (Å²) in [6.07, 6.45) is -0.335. The highest BCUT2D eigenvalue weighted by molar-refractivity contribution is 9.10.